The molecule has 0 aliphatic carbocycles. The minimum absolute atomic E-state index is 0.00984. The van der Waals surface area contributed by atoms with Crippen LogP contribution in [-0.2, 0) is 9.53 Å². The second kappa shape index (κ2) is 5.55. The third-order valence-electron chi connectivity index (χ3n) is 3.92. The molecule has 1 aromatic carbocycles. The van der Waals surface area contributed by atoms with Crippen molar-refractivity contribution in [2.24, 2.45) is 0 Å². The first-order valence-electron chi connectivity index (χ1n) is 7.00. The van der Waals surface area contributed by atoms with E-state index in [1.807, 2.05) is 18.2 Å². The molecule has 0 atom stereocenters. The van der Waals surface area contributed by atoms with E-state index in [9.17, 15) is 14.4 Å². The van der Waals surface area contributed by atoms with Gasteiger partial charge in [0.1, 0.15) is 0 Å². The van der Waals surface area contributed by atoms with Crippen LogP contribution in [0.15, 0.2) is 30.3 Å². The molecule has 0 aromatic heterocycles. The van der Waals surface area contributed by atoms with Gasteiger partial charge in [-0.3, -0.25) is 9.59 Å². The summed E-state index contributed by atoms with van der Waals surface area (Å²) in [6.07, 6.45) is 0.631. The Hall–Kier alpha value is -2.37. The monoisotopic (exact) mass is 288 g/mol. The summed E-state index contributed by atoms with van der Waals surface area (Å²) in [7, 11) is 0. The van der Waals surface area contributed by atoms with E-state index in [0.29, 0.717) is 31.5 Å². The van der Waals surface area contributed by atoms with Gasteiger partial charge in [-0.15, -0.1) is 0 Å². The lowest BCUT2D eigenvalue weighted by molar-refractivity contribution is -0.127. The Kier molecular flexibility index (Phi) is 3.60. The van der Waals surface area contributed by atoms with E-state index in [1.165, 1.54) is 4.90 Å². The highest BCUT2D eigenvalue weighted by Gasteiger charge is 2.39. The second-order valence-electron chi connectivity index (χ2n) is 5.21. The molecule has 2 fully saturated rings. The molecule has 1 aromatic rings. The Morgan fingerprint density at radius 1 is 1.10 bits per heavy atom. The Balaban J connectivity index is 1.62. The summed E-state index contributed by atoms with van der Waals surface area (Å²) in [5.74, 6) is -0.294. The second-order valence-corrected chi connectivity index (χ2v) is 5.21. The minimum atomic E-state index is -0.562. The number of rotatable bonds is 2. The maximum Gasteiger partial charge on any atom is 0.417 e. The minimum Gasteiger partial charge on any atom is -0.439 e. The van der Waals surface area contributed by atoms with Crippen LogP contribution in [0.4, 0.5) is 4.79 Å². The smallest absolute Gasteiger partial charge is 0.417 e. The fraction of sp³-hybridized carbons (Fsp3) is 0.400. The summed E-state index contributed by atoms with van der Waals surface area (Å²) in [6.45, 7) is 0.910. The first-order valence-corrected chi connectivity index (χ1v) is 7.00. The van der Waals surface area contributed by atoms with Crippen molar-refractivity contribution in [1.29, 1.82) is 0 Å². The molecule has 0 saturated carbocycles. The molecule has 6 heteroatoms. The molecule has 0 bridgehead atoms. The van der Waals surface area contributed by atoms with Crippen molar-refractivity contribution in [3.8, 4) is 0 Å². The Labute approximate surface area is 122 Å². The summed E-state index contributed by atoms with van der Waals surface area (Å²) in [5, 5.41) is 0. The van der Waals surface area contributed by atoms with Crippen LogP contribution >= 0.6 is 0 Å². The number of likely N-dealkylation sites (tertiary alicyclic amines) is 1. The number of piperidine rings is 1. The Bertz CT molecular complexity index is 548. The topological polar surface area (TPSA) is 66.9 Å². The summed E-state index contributed by atoms with van der Waals surface area (Å²) in [6, 6.07) is 8.95. The van der Waals surface area contributed by atoms with Gasteiger partial charge in [0.15, 0.2) is 6.61 Å². The maximum atomic E-state index is 12.3. The SMILES string of the molecule is O=C(c1ccccc1)N1CCC(N2C(=O)COC2=O)CC1. The van der Waals surface area contributed by atoms with Gasteiger partial charge in [0.25, 0.3) is 11.8 Å². The lowest BCUT2D eigenvalue weighted by atomic mass is 10.0. The number of imide groups is 1. The summed E-state index contributed by atoms with van der Waals surface area (Å²) < 4.78 is 4.73. The van der Waals surface area contributed by atoms with Gasteiger partial charge in [0.05, 0.1) is 0 Å². The maximum absolute atomic E-state index is 12.3. The predicted molar refractivity (Wildman–Crippen MR) is 73.6 cm³/mol. The number of cyclic esters (lactones) is 1. The van der Waals surface area contributed by atoms with Crippen LogP contribution < -0.4 is 0 Å². The molecule has 2 aliphatic heterocycles. The molecule has 0 radical (unpaired) electrons. The van der Waals surface area contributed by atoms with Crippen LogP contribution in [0.1, 0.15) is 23.2 Å². The molecule has 21 heavy (non-hydrogen) atoms. The fourth-order valence-electron chi connectivity index (χ4n) is 2.81. The number of carbonyl (C=O) groups is 3. The highest BCUT2D eigenvalue weighted by molar-refractivity contribution is 5.98. The lowest BCUT2D eigenvalue weighted by Gasteiger charge is -2.34. The molecule has 0 unspecified atom stereocenters. The Morgan fingerprint density at radius 2 is 1.76 bits per heavy atom. The van der Waals surface area contributed by atoms with Crippen molar-refractivity contribution in [3.05, 3.63) is 35.9 Å². The van der Waals surface area contributed by atoms with E-state index < -0.39 is 6.09 Å². The van der Waals surface area contributed by atoms with Crippen LogP contribution in [0.5, 0.6) is 0 Å². The third-order valence-corrected chi connectivity index (χ3v) is 3.92. The standard InChI is InChI=1S/C15H16N2O4/c18-13-10-21-15(20)17(13)12-6-8-16(9-7-12)14(19)11-4-2-1-3-5-11/h1-5,12H,6-10H2. The van der Waals surface area contributed by atoms with Gasteiger partial charge in [-0.2, -0.15) is 0 Å². The van der Waals surface area contributed by atoms with E-state index >= 15 is 0 Å². The van der Waals surface area contributed by atoms with Crippen LogP contribution in [-0.4, -0.2) is 53.4 Å². The zero-order valence-corrected chi connectivity index (χ0v) is 11.5. The highest BCUT2D eigenvalue weighted by Crippen LogP contribution is 2.21. The van der Waals surface area contributed by atoms with Crippen molar-refractivity contribution >= 4 is 17.9 Å². The molecule has 0 spiro atoms. The largest absolute Gasteiger partial charge is 0.439 e. The first kappa shape index (κ1) is 13.6. The molecular weight excluding hydrogens is 272 g/mol. The highest BCUT2D eigenvalue weighted by atomic mass is 16.6. The molecule has 2 aliphatic rings. The van der Waals surface area contributed by atoms with Crippen LogP contribution in [0.2, 0.25) is 0 Å². The zero-order valence-electron chi connectivity index (χ0n) is 11.5. The van der Waals surface area contributed by atoms with E-state index in [2.05, 4.69) is 0 Å². The molecule has 110 valence electrons. The van der Waals surface area contributed by atoms with Crippen LogP contribution in [0, 0.1) is 0 Å². The number of carbonyl (C=O) groups excluding carboxylic acids is 3. The van der Waals surface area contributed by atoms with Gasteiger partial charge in [-0.1, -0.05) is 18.2 Å². The summed E-state index contributed by atoms with van der Waals surface area (Å²) >= 11 is 0. The van der Waals surface area contributed by atoms with E-state index in [0.717, 1.165) is 0 Å². The molecule has 3 rings (SSSR count). The molecule has 0 N–H and O–H groups in total. The number of hydrogen-bond donors (Lipinski definition) is 0. The average Bonchev–Trinajstić information content (AvgIpc) is 2.87. The van der Waals surface area contributed by atoms with Crippen molar-refractivity contribution in [1.82, 2.24) is 9.80 Å². The van der Waals surface area contributed by atoms with Crippen molar-refractivity contribution in [2.45, 2.75) is 18.9 Å². The molecule has 2 heterocycles. The van der Waals surface area contributed by atoms with E-state index in [4.69, 9.17) is 4.74 Å². The van der Waals surface area contributed by atoms with Crippen molar-refractivity contribution in [2.75, 3.05) is 19.7 Å². The van der Waals surface area contributed by atoms with Crippen LogP contribution in [0.3, 0.4) is 0 Å². The van der Waals surface area contributed by atoms with E-state index in [-0.39, 0.29) is 24.5 Å². The van der Waals surface area contributed by atoms with Crippen LogP contribution in [0.25, 0.3) is 0 Å². The number of nitrogens with zero attached hydrogens (tertiary/aromatic N) is 2. The Morgan fingerprint density at radius 3 is 2.33 bits per heavy atom. The average molecular weight is 288 g/mol. The number of amides is 3. The molecule has 6 nitrogen and oxygen atoms in total. The number of ether oxygens (including phenoxy) is 1. The van der Waals surface area contributed by atoms with Gasteiger partial charge in [0, 0.05) is 24.7 Å². The quantitative estimate of drug-likeness (QED) is 0.822. The summed E-state index contributed by atoms with van der Waals surface area (Å²) in [4.78, 5) is 38.4. The van der Waals surface area contributed by atoms with Gasteiger partial charge in [-0.05, 0) is 25.0 Å². The van der Waals surface area contributed by atoms with E-state index in [1.54, 1.807) is 17.0 Å². The van der Waals surface area contributed by atoms with Gasteiger partial charge >= 0.3 is 6.09 Å². The first-order chi connectivity index (χ1) is 10.2. The predicted octanol–water partition coefficient (Wildman–Crippen LogP) is 1.27. The van der Waals surface area contributed by atoms with Gasteiger partial charge in [0.2, 0.25) is 0 Å². The lowest BCUT2D eigenvalue weighted by Crippen LogP contribution is -2.48. The van der Waals surface area contributed by atoms with Crippen molar-refractivity contribution in [3.63, 3.8) is 0 Å². The zero-order chi connectivity index (χ0) is 14.8. The van der Waals surface area contributed by atoms with Crippen molar-refractivity contribution < 1.29 is 19.1 Å². The molecular formula is C15H16N2O4. The van der Waals surface area contributed by atoms with Gasteiger partial charge in [-0.25, -0.2) is 9.69 Å². The molecule has 3 amide bonds. The van der Waals surface area contributed by atoms with Gasteiger partial charge < -0.3 is 9.64 Å². The summed E-state index contributed by atoms with van der Waals surface area (Å²) in [5.41, 5.74) is 0.660. The fourth-order valence-corrected chi connectivity index (χ4v) is 2.81. The molecule has 2 saturated heterocycles. The number of benzene rings is 1. The number of hydrogen-bond acceptors (Lipinski definition) is 4. The third kappa shape index (κ3) is 2.61. The normalized spacial score (nSPS) is 19.8.